The summed E-state index contributed by atoms with van der Waals surface area (Å²) in [6.07, 6.45) is 7.78. The van der Waals surface area contributed by atoms with Crippen LogP contribution in [0.1, 0.15) is 42.1 Å². The molecule has 106 valence electrons. The summed E-state index contributed by atoms with van der Waals surface area (Å²) in [5.74, 6) is 0. The Morgan fingerprint density at radius 1 is 1.20 bits per heavy atom. The summed E-state index contributed by atoms with van der Waals surface area (Å²) >= 11 is 0. The third-order valence-corrected chi connectivity index (χ3v) is 4.33. The Labute approximate surface area is 120 Å². The summed E-state index contributed by atoms with van der Waals surface area (Å²) in [5, 5.41) is 4.45. The van der Waals surface area contributed by atoms with Gasteiger partial charge in [0.05, 0.1) is 5.69 Å². The summed E-state index contributed by atoms with van der Waals surface area (Å²) in [6, 6.07) is 8.83. The first-order chi connectivity index (χ1) is 9.54. The molecular weight excluding hydrogens is 246 g/mol. The zero-order valence-electron chi connectivity index (χ0n) is 12.4. The topological polar surface area (TPSA) is 43.8 Å². The van der Waals surface area contributed by atoms with Gasteiger partial charge in [-0.2, -0.15) is 5.10 Å². The Bertz CT molecular complexity index is 610. The normalized spacial score (nSPS) is 17.6. The number of fused-ring (bicyclic) bond motifs is 1. The highest BCUT2D eigenvalue weighted by molar-refractivity contribution is 5.37. The van der Waals surface area contributed by atoms with Gasteiger partial charge in [0.1, 0.15) is 0 Å². The lowest BCUT2D eigenvalue weighted by Crippen LogP contribution is -2.36. The summed E-state index contributed by atoms with van der Waals surface area (Å²) in [5.41, 5.74) is 11.5. The van der Waals surface area contributed by atoms with Gasteiger partial charge in [-0.25, -0.2) is 0 Å². The van der Waals surface area contributed by atoms with Crippen LogP contribution in [-0.4, -0.2) is 9.78 Å². The first-order valence-electron chi connectivity index (χ1n) is 7.44. The Morgan fingerprint density at radius 2 is 1.95 bits per heavy atom. The Balaban J connectivity index is 1.86. The van der Waals surface area contributed by atoms with Gasteiger partial charge >= 0.3 is 0 Å². The third kappa shape index (κ3) is 2.63. The number of nitrogens with zero attached hydrogens (tertiary/aromatic N) is 2. The minimum atomic E-state index is -0.360. The molecule has 0 aliphatic heterocycles. The number of rotatable bonds is 3. The number of aryl methyl sites for hydroxylation is 3. The fraction of sp³-hybridized carbons (Fsp3) is 0.471. The van der Waals surface area contributed by atoms with Crippen LogP contribution in [0.2, 0.25) is 0 Å². The van der Waals surface area contributed by atoms with Crippen molar-refractivity contribution in [1.82, 2.24) is 9.78 Å². The molecule has 0 saturated heterocycles. The van der Waals surface area contributed by atoms with Crippen LogP contribution in [0.5, 0.6) is 0 Å². The molecule has 0 saturated carbocycles. The van der Waals surface area contributed by atoms with Crippen LogP contribution in [0.3, 0.4) is 0 Å². The van der Waals surface area contributed by atoms with Crippen molar-refractivity contribution in [1.29, 1.82) is 0 Å². The highest BCUT2D eigenvalue weighted by Gasteiger charge is 2.24. The molecule has 0 amide bonds. The molecule has 0 bridgehead atoms. The highest BCUT2D eigenvalue weighted by atomic mass is 15.2. The van der Waals surface area contributed by atoms with E-state index in [2.05, 4.69) is 30.2 Å². The second-order valence-electron chi connectivity index (χ2n) is 6.27. The van der Waals surface area contributed by atoms with Crippen LogP contribution >= 0.6 is 0 Å². The number of benzene rings is 1. The monoisotopic (exact) mass is 269 g/mol. The molecule has 1 heterocycles. The molecule has 3 heteroatoms. The lowest BCUT2D eigenvalue weighted by molar-refractivity contribution is 0.480. The van der Waals surface area contributed by atoms with Gasteiger partial charge in [-0.05, 0) is 55.4 Å². The SMILES string of the molecule is Cn1ccc(CC(C)(N)c2ccc3c(c2)CCCC3)n1. The van der Waals surface area contributed by atoms with Crippen molar-refractivity contribution in [3.63, 3.8) is 0 Å². The average molecular weight is 269 g/mol. The molecule has 1 aromatic carbocycles. The van der Waals surface area contributed by atoms with E-state index in [1.165, 1.54) is 42.4 Å². The number of hydrogen-bond donors (Lipinski definition) is 1. The molecule has 0 fully saturated rings. The molecule has 2 N–H and O–H groups in total. The minimum Gasteiger partial charge on any atom is -0.321 e. The van der Waals surface area contributed by atoms with E-state index in [1.807, 2.05) is 24.0 Å². The van der Waals surface area contributed by atoms with Crippen LogP contribution in [0.4, 0.5) is 0 Å². The molecule has 1 aliphatic carbocycles. The van der Waals surface area contributed by atoms with Crippen molar-refractivity contribution in [2.24, 2.45) is 12.8 Å². The van der Waals surface area contributed by atoms with Crippen LogP contribution < -0.4 is 5.73 Å². The maximum Gasteiger partial charge on any atom is 0.0646 e. The number of nitrogens with two attached hydrogens (primary N) is 1. The standard InChI is InChI=1S/C17H23N3/c1-17(18,12-16-9-10-20(2)19-16)15-8-7-13-5-3-4-6-14(13)11-15/h7-11H,3-6,12,18H2,1-2H3. The molecule has 1 unspecified atom stereocenters. The van der Waals surface area contributed by atoms with E-state index in [1.54, 1.807) is 0 Å². The number of hydrogen-bond acceptors (Lipinski definition) is 2. The first-order valence-corrected chi connectivity index (χ1v) is 7.44. The number of aromatic nitrogens is 2. The van der Waals surface area contributed by atoms with E-state index in [0.29, 0.717) is 0 Å². The van der Waals surface area contributed by atoms with Crippen LogP contribution in [-0.2, 0) is 31.8 Å². The second kappa shape index (κ2) is 5.06. The van der Waals surface area contributed by atoms with Crippen molar-refractivity contribution in [3.05, 3.63) is 52.8 Å². The van der Waals surface area contributed by atoms with E-state index in [9.17, 15) is 0 Å². The van der Waals surface area contributed by atoms with E-state index in [-0.39, 0.29) is 5.54 Å². The summed E-state index contributed by atoms with van der Waals surface area (Å²) in [6.45, 7) is 2.10. The quantitative estimate of drug-likeness (QED) is 0.931. The largest absolute Gasteiger partial charge is 0.321 e. The Kier molecular flexibility index (Phi) is 3.38. The van der Waals surface area contributed by atoms with Gasteiger partial charge in [0.25, 0.3) is 0 Å². The molecule has 1 aromatic heterocycles. The molecule has 0 spiro atoms. The first kappa shape index (κ1) is 13.4. The van der Waals surface area contributed by atoms with E-state index in [0.717, 1.165) is 12.1 Å². The maximum atomic E-state index is 6.56. The smallest absolute Gasteiger partial charge is 0.0646 e. The van der Waals surface area contributed by atoms with Crippen molar-refractivity contribution >= 4 is 0 Å². The lowest BCUT2D eigenvalue weighted by Gasteiger charge is -2.27. The predicted octanol–water partition coefficient (Wildman–Crippen LogP) is 2.72. The fourth-order valence-electron chi connectivity index (χ4n) is 3.12. The minimum absolute atomic E-state index is 0.360. The zero-order valence-corrected chi connectivity index (χ0v) is 12.4. The van der Waals surface area contributed by atoms with Crippen molar-refractivity contribution in [2.45, 2.75) is 44.6 Å². The summed E-state index contributed by atoms with van der Waals surface area (Å²) in [7, 11) is 1.94. The van der Waals surface area contributed by atoms with E-state index >= 15 is 0 Å². The molecule has 3 nitrogen and oxygen atoms in total. The van der Waals surface area contributed by atoms with Crippen LogP contribution in [0, 0.1) is 0 Å². The summed E-state index contributed by atoms with van der Waals surface area (Å²) < 4.78 is 1.83. The van der Waals surface area contributed by atoms with Gasteiger partial charge < -0.3 is 5.73 Å². The van der Waals surface area contributed by atoms with Crippen LogP contribution in [0.25, 0.3) is 0 Å². The molecule has 1 aliphatic rings. The Hall–Kier alpha value is -1.61. The molecule has 3 rings (SSSR count). The van der Waals surface area contributed by atoms with Gasteiger partial charge in [0.2, 0.25) is 0 Å². The lowest BCUT2D eigenvalue weighted by atomic mass is 9.83. The zero-order chi connectivity index (χ0) is 14.2. The predicted molar refractivity (Wildman–Crippen MR) is 81.5 cm³/mol. The van der Waals surface area contributed by atoms with Crippen LogP contribution in [0.15, 0.2) is 30.5 Å². The van der Waals surface area contributed by atoms with Crippen molar-refractivity contribution in [3.8, 4) is 0 Å². The third-order valence-electron chi connectivity index (χ3n) is 4.33. The van der Waals surface area contributed by atoms with Gasteiger partial charge in [0.15, 0.2) is 0 Å². The molecular formula is C17H23N3. The molecule has 1 atom stereocenters. The fourth-order valence-corrected chi connectivity index (χ4v) is 3.12. The van der Waals surface area contributed by atoms with E-state index in [4.69, 9.17) is 5.73 Å². The van der Waals surface area contributed by atoms with Gasteiger partial charge in [0, 0.05) is 25.2 Å². The van der Waals surface area contributed by atoms with Crippen molar-refractivity contribution < 1.29 is 0 Å². The van der Waals surface area contributed by atoms with Gasteiger partial charge in [-0.1, -0.05) is 18.2 Å². The molecule has 2 aromatic rings. The second-order valence-corrected chi connectivity index (χ2v) is 6.27. The maximum absolute atomic E-state index is 6.56. The van der Waals surface area contributed by atoms with Crippen molar-refractivity contribution in [2.75, 3.05) is 0 Å². The molecule has 20 heavy (non-hydrogen) atoms. The summed E-state index contributed by atoms with van der Waals surface area (Å²) in [4.78, 5) is 0. The van der Waals surface area contributed by atoms with Gasteiger partial charge in [-0.3, -0.25) is 4.68 Å². The van der Waals surface area contributed by atoms with Gasteiger partial charge in [-0.15, -0.1) is 0 Å². The van der Waals surface area contributed by atoms with E-state index < -0.39 is 0 Å². The molecule has 0 radical (unpaired) electrons. The Morgan fingerprint density at radius 3 is 2.65 bits per heavy atom. The average Bonchev–Trinajstić information content (AvgIpc) is 2.83. The highest BCUT2D eigenvalue weighted by Crippen LogP contribution is 2.28.